The molecule has 2 rings (SSSR count). The highest BCUT2D eigenvalue weighted by Crippen LogP contribution is 2.17. The second kappa shape index (κ2) is 9.08. The van der Waals surface area contributed by atoms with Crippen molar-refractivity contribution in [3.63, 3.8) is 0 Å². The maximum atomic E-state index is 14.1. The highest BCUT2D eigenvalue weighted by molar-refractivity contribution is 5.46. The minimum Gasteiger partial charge on any atom is -0.494 e. The van der Waals surface area contributed by atoms with Crippen molar-refractivity contribution in [2.45, 2.75) is 39.5 Å². The van der Waals surface area contributed by atoms with Crippen LogP contribution in [0, 0.1) is 23.5 Å². The van der Waals surface area contributed by atoms with Crippen molar-refractivity contribution >= 4 is 0 Å². The fourth-order valence-corrected chi connectivity index (χ4v) is 2.40. The Bertz CT molecular complexity index is 701. The smallest absolute Gasteiger partial charge is 0.142 e. The van der Waals surface area contributed by atoms with Crippen molar-refractivity contribution in [2.24, 2.45) is 0 Å². The van der Waals surface area contributed by atoms with Gasteiger partial charge in [0.15, 0.2) is 0 Å². The summed E-state index contributed by atoms with van der Waals surface area (Å²) >= 11 is 0. The SMILES string of the molecule is CCCCCc1cc(F)c(C#Cc2ccc(OCC)cc2)c(F)c1. The zero-order valence-electron chi connectivity index (χ0n) is 14.2. The largest absolute Gasteiger partial charge is 0.494 e. The number of benzene rings is 2. The van der Waals surface area contributed by atoms with E-state index in [0.717, 1.165) is 25.0 Å². The lowest BCUT2D eigenvalue weighted by Gasteiger charge is -2.04. The number of aryl methyl sites for hydroxylation is 1. The number of ether oxygens (including phenoxy) is 1. The molecule has 0 aromatic heterocycles. The lowest BCUT2D eigenvalue weighted by molar-refractivity contribution is 0.340. The average Bonchev–Trinajstić information content (AvgIpc) is 2.56. The van der Waals surface area contributed by atoms with Crippen molar-refractivity contribution in [3.8, 4) is 17.6 Å². The van der Waals surface area contributed by atoms with Gasteiger partial charge in [-0.05, 0) is 61.7 Å². The van der Waals surface area contributed by atoms with Crippen LogP contribution in [0.3, 0.4) is 0 Å². The summed E-state index contributed by atoms with van der Waals surface area (Å²) in [4.78, 5) is 0. The van der Waals surface area contributed by atoms with E-state index in [2.05, 4.69) is 18.8 Å². The first-order valence-electron chi connectivity index (χ1n) is 8.36. The Morgan fingerprint density at radius 2 is 1.58 bits per heavy atom. The zero-order valence-corrected chi connectivity index (χ0v) is 14.2. The molecule has 0 bridgehead atoms. The van der Waals surface area contributed by atoms with E-state index in [4.69, 9.17) is 4.74 Å². The first-order chi connectivity index (χ1) is 11.6. The predicted molar refractivity (Wildman–Crippen MR) is 93.2 cm³/mol. The van der Waals surface area contributed by atoms with E-state index in [1.165, 1.54) is 12.1 Å². The van der Waals surface area contributed by atoms with E-state index >= 15 is 0 Å². The van der Waals surface area contributed by atoms with Crippen LogP contribution in [-0.2, 0) is 6.42 Å². The fourth-order valence-electron chi connectivity index (χ4n) is 2.40. The molecule has 3 heteroatoms. The Morgan fingerprint density at radius 3 is 2.17 bits per heavy atom. The second-order valence-corrected chi connectivity index (χ2v) is 5.60. The third-order valence-corrected chi connectivity index (χ3v) is 3.67. The molecule has 0 fully saturated rings. The molecule has 0 radical (unpaired) electrons. The fraction of sp³-hybridized carbons (Fsp3) is 0.333. The minimum atomic E-state index is -0.597. The Kier molecular flexibility index (Phi) is 6.81. The van der Waals surface area contributed by atoms with E-state index in [1.54, 1.807) is 24.3 Å². The summed E-state index contributed by atoms with van der Waals surface area (Å²) in [6, 6.07) is 9.90. The summed E-state index contributed by atoms with van der Waals surface area (Å²) in [5, 5.41) is 0. The van der Waals surface area contributed by atoms with Gasteiger partial charge in [0.05, 0.1) is 12.2 Å². The minimum absolute atomic E-state index is 0.178. The molecular formula is C21H22F2O. The van der Waals surface area contributed by atoms with Crippen LogP contribution in [0.2, 0.25) is 0 Å². The van der Waals surface area contributed by atoms with Crippen LogP contribution in [0.5, 0.6) is 5.75 Å². The van der Waals surface area contributed by atoms with Gasteiger partial charge in [0, 0.05) is 5.56 Å². The van der Waals surface area contributed by atoms with Crippen molar-refractivity contribution in [1.82, 2.24) is 0 Å². The molecule has 2 aromatic carbocycles. The van der Waals surface area contributed by atoms with Gasteiger partial charge in [-0.1, -0.05) is 31.6 Å². The van der Waals surface area contributed by atoms with Crippen LogP contribution in [0.4, 0.5) is 8.78 Å². The van der Waals surface area contributed by atoms with Gasteiger partial charge in [-0.2, -0.15) is 0 Å². The second-order valence-electron chi connectivity index (χ2n) is 5.60. The number of unbranched alkanes of at least 4 members (excludes halogenated alkanes) is 2. The van der Waals surface area contributed by atoms with Gasteiger partial charge >= 0.3 is 0 Å². The maximum Gasteiger partial charge on any atom is 0.142 e. The Balaban J connectivity index is 2.15. The number of rotatable bonds is 6. The highest BCUT2D eigenvalue weighted by Gasteiger charge is 2.09. The van der Waals surface area contributed by atoms with Crippen LogP contribution in [-0.4, -0.2) is 6.61 Å². The van der Waals surface area contributed by atoms with Gasteiger partial charge in [-0.3, -0.25) is 0 Å². The molecule has 0 aliphatic carbocycles. The van der Waals surface area contributed by atoms with E-state index in [-0.39, 0.29) is 5.56 Å². The zero-order chi connectivity index (χ0) is 17.4. The quantitative estimate of drug-likeness (QED) is 0.503. The molecule has 0 N–H and O–H groups in total. The average molecular weight is 328 g/mol. The summed E-state index contributed by atoms with van der Waals surface area (Å²) in [7, 11) is 0. The molecule has 0 saturated heterocycles. The maximum absolute atomic E-state index is 14.1. The molecule has 0 heterocycles. The lowest BCUT2D eigenvalue weighted by Crippen LogP contribution is -1.95. The molecule has 2 aromatic rings. The predicted octanol–water partition coefficient (Wildman–Crippen LogP) is 5.50. The molecular weight excluding hydrogens is 306 g/mol. The molecule has 126 valence electrons. The summed E-state index contributed by atoms with van der Waals surface area (Å²) in [5.41, 5.74) is 1.19. The third-order valence-electron chi connectivity index (χ3n) is 3.67. The van der Waals surface area contributed by atoms with E-state index in [1.807, 2.05) is 6.92 Å². The normalized spacial score (nSPS) is 10.2. The number of halogens is 2. The van der Waals surface area contributed by atoms with Crippen LogP contribution in [0.15, 0.2) is 36.4 Å². The molecule has 0 aliphatic rings. The van der Waals surface area contributed by atoms with Crippen LogP contribution >= 0.6 is 0 Å². The Labute approximate surface area is 142 Å². The molecule has 0 spiro atoms. The Morgan fingerprint density at radius 1 is 0.917 bits per heavy atom. The van der Waals surface area contributed by atoms with E-state index < -0.39 is 11.6 Å². The molecule has 0 aliphatic heterocycles. The summed E-state index contributed by atoms with van der Waals surface area (Å²) in [5.74, 6) is 4.95. The first-order valence-corrected chi connectivity index (χ1v) is 8.36. The van der Waals surface area contributed by atoms with E-state index in [0.29, 0.717) is 24.2 Å². The molecule has 1 nitrogen and oxygen atoms in total. The van der Waals surface area contributed by atoms with Gasteiger partial charge in [-0.15, -0.1) is 0 Å². The number of hydrogen-bond donors (Lipinski definition) is 0. The summed E-state index contributed by atoms with van der Waals surface area (Å²) in [6.07, 6.45) is 3.76. The molecule has 0 unspecified atom stereocenters. The van der Waals surface area contributed by atoms with Gasteiger partial charge in [0.2, 0.25) is 0 Å². The Hall–Kier alpha value is -2.34. The standard InChI is InChI=1S/C21H22F2O/c1-3-5-6-7-17-14-20(22)19(21(23)15-17)13-10-16-8-11-18(12-9-16)24-4-2/h8-9,11-12,14-15H,3-7H2,1-2H3. The molecule has 24 heavy (non-hydrogen) atoms. The van der Waals surface area contributed by atoms with Crippen molar-refractivity contribution < 1.29 is 13.5 Å². The van der Waals surface area contributed by atoms with Crippen molar-refractivity contribution in [3.05, 3.63) is 64.7 Å². The molecule has 0 saturated carbocycles. The summed E-state index contributed by atoms with van der Waals surface area (Å²) in [6.45, 7) is 4.60. The lowest BCUT2D eigenvalue weighted by atomic mass is 10.0. The summed E-state index contributed by atoms with van der Waals surface area (Å²) < 4.78 is 33.6. The van der Waals surface area contributed by atoms with Gasteiger partial charge in [0.1, 0.15) is 17.4 Å². The van der Waals surface area contributed by atoms with Crippen LogP contribution in [0.25, 0.3) is 0 Å². The van der Waals surface area contributed by atoms with Crippen molar-refractivity contribution in [2.75, 3.05) is 6.61 Å². The van der Waals surface area contributed by atoms with Crippen molar-refractivity contribution in [1.29, 1.82) is 0 Å². The van der Waals surface area contributed by atoms with Crippen LogP contribution < -0.4 is 4.74 Å². The van der Waals surface area contributed by atoms with Gasteiger partial charge < -0.3 is 4.74 Å². The first kappa shape index (κ1) is 18.0. The van der Waals surface area contributed by atoms with Crippen LogP contribution in [0.1, 0.15) is 49.8 Å². The van der Waals surface area contributed by atoms with Gasteiger partial charge in [-0.25, -0.2) is 8.78 Å². The van der Waals surface area contributed by atoms with E-state index in [9.17, 15) is 8.78 Å². The number of hydrogen-bond acceptors (Lipinski definition) is 1. The topological polar surface area (TPSA) is 9.23 Å². The van der Waals surface area contributed by atoms with Gasteiger partial charge in [0.25, 0.3) is 0 Å². The molecule has 0 amide bonds. The third kappa shape index (κ3) is 5.09. The monoisotopic (exact) mass is 328 g/mol. The molecule has 0 atom stereocenters. The highest BCUT2D eigenvalue weighted by atomic mass is 19.1.